The highest BCUT2D eigenvalue weighted by atomic mass is 16.3. The molecule has 0 amide bonds. The average Bonchev–Trinajstić information content (AvgIpc) is 2.89. The van der Waals surface area contributed by atoms with Gasteiger partial charge in [-0.25, -0.2) is 15.8 Å². The van der Waals surface area contributed by atoms with Crippen LogP contribution in [-0.2, 0) is 6.42 Å². The first-order valence-corrected chi connectivity index (χ1v) is 6.89. The van der Waals surface area contributed by atoms with Crippen molar-refractivity contribution in [1.29, 1.82) is 0 Å². The number of nitrogens with zero attached hydrogens (tertiary/aromatic N) is 3. The number of rotatable bonds is 5. The summed E-state index contributed by atoms with van der Waals surface area (Å²) in [5.74, 6) is 8.35. The van der Waals surface area contributed by atoms with Gasteiger partial charge in [0.1, 0.15) is 17.5 Å². The van der Waals surface area contributed by atoms with Crippen LogP contribution in [0.5, 0.6) is 0 Å². The number of nitrogens with two attached hydrogens (primary N) is 1. The van der Waals surface area contributed by atoms with E-state index in [1.807, 2.05) is 6.92 Å². The largest absolute Gasteiger partial charge is 0.396 e. The van der Waals surface area contributed by atoms with E-state index in [9.17, 15) is 5.11 Å². The van der Waals surface area contributed by atoms with Gasteiger partial charge in [0.2, 0.25) is 0 Å². The van der Waals surface area contributed by atoms with E-state index in [2.05, 4.69) is 27.2 Å². The summed E-state index contributed by atoms with van der Waals surface area (Å²) in [6.45, 7) is 6.11. The second-order valence-electron chi connectivity index (χ2n) is 5.11. The van der Waals surface area contributed by atoms with Gasteiger partial charge in [-0.3, -0.25) is 0 Å². The van der Waals surface area contributed by atoms with Crippen LogP contribution < -0.4 is 16.2 Å². The Bertz CT molecular complexity index is 437. The predicted molar refractivity (Wildman–Crippen MR) is 76.0 cm³/mol. The molecule has 1 saturated heterocycles. The second-order valence-corrected chi connectivity index (χ2v) is 5.11. The summed E-state index contributed by atoms with van der Waals surface area (Å²) >= 11 is 0. The van der Waals surface area contributed by atoms with Gasteiger partial charge in [-0.2, -0.15) is 0 Å². The average molecular weight is 265 g/mol. The lowest BCUT2D eigenvalue weighted by Crippen LogP contribution is -2.25. The highest BCUT2D eigenvalue weighted by molar-refractivity contribution is 5.58. The number of aryl methyl sites for hydroxylation is 1. The molecule has 0 aromatic carbocycles. The van der Waals surface area contributed by atoms with Crippen molar-refractivity contribution in [2.75, 3.05) is 30.0 Å². The fourth-order valence-corrected chi connectivity index (χ4v) is 2.51. The van der Waals surface area contributed by atoms with Crippen molar-refractivity contribution in [1.82, 2.24) is 9.97 Å². The van der Waals surface area contributed by atoms with Crippen molar-refractivity contribution in [3.63, 3.8) is 0 Å². The van der Waals surface area contributed by atoms with E-state index in [4.69, 9.17) is 5.84 Å². The van der Waals surface area contributed by atoms with E-state index in [0.29, 0.717) is 11.7 Å². The van der Waals surface area contributed by atoms with Gasteiger partial charge in [0.15, 0.2) is 0 Å². The molecule has 4 N–H and O–H groups in total. The van der Waals surface area contributed by atoms with Crippen LogP contribution in [0.15, 0.2) is 0 Å². The molecule has 1 aliphatic rings. The number of aromatic nitrogens is 2. The Hall–Kier alpha value is -1.40. The van der Waals surface area contributed by atoms with Gasteiger partial charge in [-0.05, 0) is 19.8 Å². The molecule has 1 fully saturated rings. The molecule has 1 aromatic rings. The smallest absolute Gasteiger partial charge is 0.148 e. The van der Waals surface area contributed by atoms with E-state index in [1.165, 1.54) is 0 Å². The maximum atomic E-state index is 9.25. The topological polar surface area (TPSA) is 87.3 Å². The molecular formula is C13H23N5O. The maximum absolute atomic E-state index is 9.25. The molecule has 19 heavy (non-hydrogen) atoms. The number of aliphatic hydroxyl groups is 1. The van der Waals surface area contributed by atoms with Crippen molar-refractivity contribution in [3.05, 3.63) is 11.4 Å². The monoisotopic (exact) mass is 265 g/mol. The summed E-state index contributed by atoms with van der Waals surface area (Å²) in [6.07, 6.45) is 2.86. The zero-order valence-electron chi connectivity index (χ0n) is 11.7. The van der Waals surface area contributed by atoms with E-state index in [0.717, 1.165) is 49.6 Å². The first kappa shape index (κ1) is 14.0. The number of hydrogen-bond acceptors (Lipinski definition) is 6. The van der Waals surface area contributed by atoms with Crippen molar-refractivity contribution >= 4 is 11.6 Å². The molecule has 0 spiro atoms. The summed E-state index contributed by atoms with van der Waals surface area (Å²) < 4.78 is 0. The van der Waals surface area contributed by atoms with Gasteiger partial charge in [0.25, 0.3) is 0 Å². The molecule has 106 valence electrons. The number of nitrogens with one attached hydrogen (secondary N) is 1. The summed E-state index contributed by atoms with van der Waals surface area (Å²) in [5, 5.41) is 9.25. The van der Waals surface area contributed by atoms with E-state index in [-0.39, 0.29) is 6.61 Å². The lowest BCUT2D eigenvalue weighted by atomic mass is 10.1. The minimum atomic E-state index is 0.241. The molecule has 1 unspecified atom stereocenters. The number of nitrogen functional groups attached to an aromatic ring is 1. The fourth-order valence-electron chi connectivity index (χ4n) is 2.51. The molecule has 1 aliphatic heterocycles. The minimum absolute atomic E-state index is 0.241. The van der Waals surface area contributed by atoms with Crippen molar-refractivity contribution in [2.24, 2.45) is 11.8 Å². The third-order valence-electron chi connectivity index (χ3n) is 3.62. The van der Waals surface area contributed by atoms with Gasteiger partial charge in [0.05, 0.1) is 0 Å². The number of hydrazine groups is 1. The van der Waals surface area contributed by atoms with E-state index in [1.54, 1.807) is 0 Å². The standard InChI is InChI=1S/C13H23N5O/c1-3-4-11-15-12(17-14)9(2)13(16-11)18-6-5-10(7-18)8-19/h10,19H,3-8,14H2,1-2H3,(H,15,16,17). The van der Waals surface area contributed by atoms with Gasteiger partial charge in [0, 0.05) is 37.6 Å². The molecule has 2 rings (SSSR count). The van der Waals surface area contributed by atoms with Crippen LogP contribution in [0, 0.1) is 12.8 Å². The first-order chi connectivity index (χ1) is 9.19. The van der Waals surface area contributed by atoms with Crippen LogP contribution in [-0.4, -0.2) is 34.8 Å². The van der Waals surface area contributed by atoms with Gasteiger partial charge >= 0.3 is 0 Å². The Labute approximate surface area is 114 Å². The molecular weight excluding hydrogens is 242 g/mol. The zero-order chi connectivity index (χ0) is 13.8. The minimum Gasteiger partial charge on any atom is -0.396 e. The molecule has 0 saturated carbocycles. The Kier molecular flexibility index (Phi) is 4.55. The predicted octanol–water partition coefficient (Wildman–Crippen LogP) is 0.842. The zero-order valence-corrected chi connectivity index (χ0v) is 11.7. The van der Waals surface area contributed by atoms with Crippen molar-refractivity contribution < 1.29 is 5.11 Å². The summed E-state index contributed by atoms with van der Waals surface area (Å²) in [7, 11) is 0. The van der Waals surface area contributed by atoms with Crippen LogP contribution in [0.1, 0.15) is 31.2 Å². The fraction of sp³-hybridized carbons (Fsp3) is 0.692. The van der Waals surface area contributed by atoms with Crippen LogP contribution in [0.4, 0.5) is 11.6 Å². The normalized spacial score (nSPS) is 18.9. The molecule has 0 bridgehead atoms. The molecule has 0 radical (unpaired) electrons. The van der Waals surface area contributed by atoms with Gasteiger partial charge < -0.3 is 15.4 Å². The number of hydrogen-bond donors (Lipinski definition) is 3. The summed E-state index contributed by atoms with van der Waals surface area (Å²) in [5.41, 5.74) is 3.63. The van der Waals surface area contributed by atoms with Crippen LogP contribution in [0.3, 0.4) is 0 Å². The molecule has 6 nitrogen and oxygen atoms in total. The van der Waals surface area contributed by atoms with Crippen molar-refractivity contribution in [3.8, 4) is 0 Å². The van der Waals surface area contributed by atoms with Crippen LogP contribution >= 0.6 is 0 Å². The quantitative estimate of drug-likeness (QED) is 0.540. The number of aliphatic hydroxyl groups excluding tert-OH is 1. The lowest BCUT2D eigenvalue weighted by molar-refractivity contribution is 0.238. The van der Waals surface area contributed by atoms with Gasteiger partial charge in [-0.15, -0.1) is 0 Å². The Morgan fingerprint density at radius 3 is 2.84 bits per heavy atom. The Balaban J connectivity index is 2.30. The highest BCUT2D eigenvalue weighted by Gasteiger charge is 2.25. The van der Waals surface area contributed by atoms with E-state index >= 15 is 0 Å². The molecule has 6 heteroatoms. The Morgan fingerprint density at radius 1 is 1.47 bits per heavy atom. The van der Waals surface area contributed by atoms with Crippen LogP contribution in [0.2, 0.25) is 0 Å². The number of anilines is 2. The third-order valence-corrected chi connectivity index (χ3v) is 3.62. The molecule has 0 aliphatic carbocycles. The molecule has 1 aromatic heterocycles. The maximum Gasteiger partial charge on any atom is 0.148 e. The molecule has 2 heterocycles. The van der Waals surface area contributed by atoms with E-state index < -0.39 is 0 Å². The highest BCUT2D eigenvalue weighted by Crippen LogP contribution is 2.28. The Morgan fingerprint density at radius 2 is 2.26 bits per heavy atom. The van der Waals surface area contributed by atoms with Crippen LogP contribution in [0.25, 0.3) is 0 Å². The van der Waals surface area contributed by atoms with Gasteiger partial charge in [-0.1, -0.05) is 6.92 Å². The summed E-state index contributed by atoms with van der Waals surface area (Å²) in [6, 6.07) is 0. The SMILES string of the molecule is CCCc1nc(NN)c(C)c(N2CCC(CO)C2)n1. The third kappa shape index (κ3) is 2.96. The first-order valence-electron chi connectivity index (χ1n) is 6.89. The lowest BCUT2D eigenvalue weighted by Gasteiger charge is -2.21. The second kappa shape index (κ2) is 6.16. The molecule has 1 atom stereocenters. The van der Waals surface area contributed by atoms with Crippen molar-refractivity contribution in [2.45, 2.75) is 33.1 Å². The summed E-state index contributed by atoms with van der Waals surface area (Å²) in [4.78, 5) is 11.3.